The Morgan fingerprint density at radius 1 is 1.12 bits per heavy atom. The summed E-state index contributed by atoms with van der Waals surface area (Å²) in [5.41, 5.74) is 4.58. The Morgan fingerprint density at radius 3 is 2.81 bits per heavy atom. The average Bonchev–Trinajstić information content (AvgIpc) is 3.30. The zero-order chi connectivity index (χ0) is 17.7. The lowest BCUT2D eigenvalue weighted by molar-refractivity contribution is 0.569. The number of halogens is 2. The van der Waals surface area contributed by atoms with Gasteiger partial charge in [-0.05, 0) is 64.9 Å². The fourth-order valence-electron chi connectivity index (χ4n) is 3.83. The Labute approximate surface area is 163 Å². The molecule has 0 radical (unpaired) electrons. The molecule has 3 aromatic rings. The van der Waals surface area contributed by atoms with Crippen molar-refractivity contribution in [2.75, 3.05) is 18.0 Å². The molecule has 0 saturated carbocycles. The van der Waals surface area contributed by atoms with Gasteiger partial charge in [0.2, 0.25) is 5.95 Å². The van der Waals surface area contributed by atoms with Crippen molar-refractivity contribution in [1.82, 2.24) is 9.97 Å². The van der Waals surface area contributed by atoms with E-state index in [-0.39, 0.29) is 5.82 Å². The molecule has 2 aromatic heterocycles. The van der Waals surface area contributed by atoms with Crippen LogP contribution in [0.15, 0.2) is 28.1 Å². The maximum absolute atomic E-state index is 14.2. The molecule has 3 heterocycles. The molecule has 0 spiro atoms. The van der Waals surface area contributed by atoms with Gasteiger partial charge in [0.05, 0.1) is 14.9 Å². The van der Waals surface area contributed by atoms with E-state index in [0.29, 0.717) is 6.42 Å². The van der Waals surface area contributed by atoms with E-state index in [1.54, 1.807) is 17.4 Å². The van der Waals surface area contributed by atoms with Gasteiger partial charge in [-0.1, -0.05) is 12.2 Å². The molecule has 1 aliphatic heterocycles. The monoisotopic (exact) mass is 429 g/mol. The highest BCUT2D eigenvalue weighted by molar-refractivity contribution is 9.10. The first-order valence-corrected chi connectivity index (χ1v) is 10.6. The van der Waals surface area contributed by atoms with Crippen molar-refractivity contribution in [1.29, 1.82) is 0 Å². The molecular formula is C20H17BrFN3S. The molecule has 6 heteroatoms. The highest BCUT2D eigenvalue weighted by Gasteiger charge is 2.23. The minimum atomic E-state index is -0.136. The summed E-state index contributed by atoms with van der Waals surface area (Å²) in [7, 11) is 0. The fraction of sp³-hybridized carbons (Fsp3) is 0.300. The third-order valence-electron chi connectivity index (χ3n) is 5.16. The number of nitrogens with zero attached hydrogens (tertiary/aromatic N) is 3. The highest BCUT2D eigenvalue weighted by atomic mass is 79.9. The topological polar surface area (TPSA) is 29.0 Å². The first kappa shape index (κ1) is 16.4. The molecule has 1 aromatic carbocycles. The van der Waals surface area contributed by atoms with Crippen molar-refractivity contribution in [2.24, 2.45) is 0 Å². The summed E-state index contributed by atoms with van der Waals surface area (Å²) in [5, 5.41) is 2.06. The molecule has 1 fully saturated rings. The van der Waals surface area contributed by atoms with E-state index in [0.717, 1.165) is 56.1 Å². The minimum Gasteiger partial charge on any atom is -0.341 e. The van der Waals surface area contributed by atoms with Crippen molar-refractivity contribution in [2.45, 2.75) is 25.7 Å². The number of hydrogen-bond donors (Lipinski definition) is 0. The van der Waals surface area contributed by atoms with Crippen LogP contribution >= 0.6 is 27.3 Å². The van der Waals surface area contributed by atoms with Crippen LogP contribution < -0.4 is 4.90 Å². The lowest BCUT2D eigenvalue weighted by Gasteiger charge is -2.27. The van der Waals surface area contributed by atoms with Gasteiger partial charge < -0.3 is 4.90 Å². The van der Waals surface area contributed by atoms with Crippen LogP contribution in [0.2, 0.25) is 0 Å². The maximum Gasteiger partial charge on any atom is 0.226 e. The van der Waals surface area contributed by atoms with E-state index in [1.165, 1.54) is 19.3 Å². The Balaban J connectivity index is 1.75. The summed E-state index contributed by atoms with van der Waals surface area (Å²) < 4.78 is 16.2. The third-order valence-corrected chi connectivity index (χ3v) is 7.04. The zero-order valence-corrected chi connectivity index (χ0v) is 16.5. The second kappa shape index (κ2) is 6.43. The molecule has 0 atom stereocenters. The summed E-state index contributed by atoms with van der Waals surface area (Å²) >= 11 is 5.27. The summed E-state index contributed by atoms with van der Waals surface area (Å²) in [6, 6.07) is 3.43. The van der Waals surface area contributed by atoms with E-state index >= 15 is 0 Å². The van der Waals surface area contributed by atoms with Gasteiger partial charge >= 0.3 is 0 Å². The molecule has 5 rings (SSSR count). The van der Waals surface area contributed by atoms with Crippen LogP contribution in [-0.4, -0.2) is 23.1 Å². The largest absolute Gasteiger partial charge is 0.341 e. The SMILES string of the molecule is Fc1ccc(-c2nc(N3CCCCC3)nc3c(Br)csc23)c2c1CC=C2. The van der Waals surface area contributed by atoms with Crippen molar-refractivity contribution in [3.8, 4) is 11.3 Å². The van der Waals surface area contributed by atoms with E-state index in [2.05, 4.69) is 26.2 Å². The molecule has 3 nitrogen and oxygen atoms in total. The summed E-state index contributed by atoms with van der Waals surface area (Å²) in [6.45, 7) is 1.99. The maximum atomic E-state index is 14.2. The number of hydrogen-bond acceptors (Lipinski definition) is 4. The van der Waals surface area contributed by atoms with Gasteiger partial charge in [0, 0.05) is 24.0 Å². The van der Waals surface area contributed by atoms with Crippen molar-refractivity contribution < 1.29 is 4.39 Å². The molecular weight excluding hydrogens is 413 g/mol. The van der Waals surface area contributed by atoms with E-state index in [1.807, 2.05) is 18.2 Å². The molecule has 0 unspecified atom stereocenters. The number of rotatable bonds is 2. The minimum absolute atomic E-state index is 0.136. The molecule has 0 amide bonds. The van der Waals surface area contributed by atoms with Crippen LogP contribution in [-0.2, 0) is 6.42 Å². The van der Waals surface area contributed by atoms with Gasteiger partial charge in [-0.2, -0.15) is 0 Å². The van der Waals surface area contributed by atoms with Gasteiger partial charge in [0.1, 0.15) is 11.3 Å². The summed E-state index contributed by atoms with van der Waals surface area (Å²) in [5.74, 6) is 0.647. The smallest absolute Gasteiger partial charge is 0.226 e. The number of benzene rings is 1. The third kappa shape index (κ3) is 2.58. The second-order valence-corrected chi connectivity index (χ2v) is 8.51. The van der Waals surface area contributed by atoms with Gasteiger partial charge in [-0.3, -0.25) is 0 Å². The average molecular weight is 430 g/mol. The highest BCUT2D eigenvalue weighted by Crippen LogP contribution is 2.40. The molecule has 1 aliphatic carbocycles. The molecule has 132 valence electrons. The number of anilines is 1. The molecule has 26 heavy (non-hydrogen) atoms. The first-order valence-electron chi connectivity index (χ1n) is 8.90. The van der Waals surface area contributed by atoms with Crippen molar-refractivity contribution >= 4 is 49.5 Å². The normalized spacial score (nSPS) is 16.5. The van der Waals surface area contributed by atoms with Crippen LogP contribution in [0.1, 0.15) is 30.4 Å². The van der Waals surface area contributed by atoms with Gasteiger partial charge in [0.15, 0.2) is 0 Å². The van der Waals surface area contributed by atoms with Crippen LogP contribution in [0.4, 0.5) is 10.3 Å². The quantitative estimate of drug-likeness (QED) is 0.513. The van der Waals surface area contributed by atoms with Gasteiger partial charge in [-0.15, -0.1) is 11.3 Å². The van der Waals surface area contributed by atoms with Crippen molar-refractivity contribution in [3.63, 3.8) is 0 Å². The Hall–Kier alpha value is -1.79. The van der Waals surface area contributed by atoms with Crippen LogP contribution in [0.25, 0.3) is 27.6 Å². The number of allylic oxidation sites excluding steroid dienone is 1. The van der Waals surface area contributed by atoms with Crippen LogP contribution in [0.5, 0.6) is 0 Å². The van der Waals surface area contributed by atoms with E-state index in [9.17, 15) is 4.39 Å². The first-order chi connectivity index (χ1) is 12.7. The molecule has 1 saturated heterocycles. The molecule has 2 aliphatic rings. The molecule has 0 N–H and O–H groups in total. The molecule has 0 bridgehead atoms. The Morgan fingerprint density at radius 2 is 1.96 bits per heavy atom. The van der Waals surface area contributed by atoms with Gasteiger partial charge in [0.25, 0.3) is 0 Å². The number of thiophene rings is 1. The zero-order valence-electron chi connectivity index (χ0n) is 14.1. The Kier molecular flexibility index (Phi) is 4.05. The van der Waals surface area contributed by atoms with Crippen LogP contribution in [0, 0.1) is 5.82 Å². The summed E-state index contributed by atoms with van der Waals surface area (Å²) in [4.78, 5) is 12.1. The van der Waals surface area contributed by atoms with Crippen LogP contribution in [0.3, 0.4) is 0 Å². The second-order valence-electron chi connectivity index (χ2n) is 6.77. The lowest BCUT2D eigenvalue weighted by atomic mass is 10.00. The van der Waals surface area contributed by atoms with E-state index < -0.39 is 0 Å². The Bertz CT molecular complexity index is 1040. The lowest BCUT2D eigenvalue weighted by Crippen LogP contribution is -2.31. The number of fused-ring (bicyclic) bond motifs is 2. The fourth-order valence-corrected chi connectivity index (χ4v) is 5.40. The van der Waals surface area contributed by atoms with Gasteiger partial charge in [-0.25, -0.2) is 14.4 Å². The van der Waals surface area contributed by atoms with E-state index in [4.69, 9.17) is 9.97 Å². The number of piperidine rings is 1. The van der Waals surface area contributed by atoms with Crippen molar-refractivity contribution in [3.05, 3.63) is 45.0 Å². The predicted octanol–water partition coefficient (Wildman–Crippen LogP) is 5.82. The predicted molar refractivity (Wildman–Crippen MR) is 109 cm³/mol. The summed E-state index contributed by atoms with van der Waals surface area (Å²) in [6.07, 6.45) is 8.31. The number of aromatic nitrogens is 2. The standard InChI is InChI=1S/C20H17BrFN3S/c21-15-11-26-19-17(14-7-8-16(22)13-6-4-5-12(13)14)23-20(24-18(15)19)25-9-2-1-3-10-25/h4-5,7-8,11H,1-3,6,9-10H2.